The Kier molecular flexibility index (Phi) is 3.39. The Morgan fingerprint density at radius 2 is 1.86 bits per heavy atom. The van der Waals surface area contributed by atoms with E-state index in [4.69, 9.17) is 0 Å². The van der Waals surface area contributed by atoms with E-state index >= 15 is 0 Å². The Bertz CT molecular complexity index is 762. The maximum Gasteiger partial charge on any atom is 0.227 e. The molecule has 1 aromatic carbocycles. The number of hydrogen-bond donors (Lipinski definition) is 2. The molecular weight excluding hydrogens is 267 g/mol. The molecule has 0 radical (unpaired) electrons. The van der Waals surface area contributed by atoms with E-state index in [1.165, 1.54) is 12.1 Å². The van der Waals surface area contributed by atoms with Crippen molar-refractivity contribution in [1.82, 2.24) is 15.0 Å². The molecular formula is C16H15FN4. The second-order valence-electron chi connectivity index (χ2n) is 4.91. The number of aromatic amines is 1. The van der Waals surface area contributed by atoms with Gasteiger partial charge < -0.3 is 10.3 Å². The summed E-state index contributed by atoms with van der Waals surface area (Å²) in [6, 6.07) is 10.0. The first-order valence-electron chi connectivity index (χ1n) is 6.64. The number of anilines is 2. The van der Waals surface area contributed by atoms with Crippen LogP contribution in [0.15, 0.2) is 42.6 Å². The lowest BCUT2D eigenvalue weighted by atomic mass is 10.2. The maximum absolute atomic E-state index is 12.9. The molecule has 2 N–H and O–H groups in total. The van der Waals surface area contributed by atoms with Crippen LogP contribution in [0.3, 0.4) is 0 Å². The van der Waals surface area contributed by atoms with Crippen LogP contribution in [0.4, 0.5) is 16.0 Å². The Morgan fingerprint density at radius 1 is 1.10 bits per heavy atom. The molecule has 0 spiro atoms. The fourth-order valence-corrected chi connectivity index (χ4v) is 2.22. The largest absolute Gasteiger partial charge is 0.357 e. The molecule has 0 aliphatic rings. The summed E-state index contributed by atoms with van der Waals surface area (Å²) in [6.45, 7) is 4.05. The van der Waals surface area contributed by atoms with Gasteiger partial charge in [0.2, 0.25) is 5.95 Å². The predicted molar refractivity (Wildman–Crippen MR) is 81.0 cm³/mol. The SMILES string of the molecule is Cc1cc(C)c(-c2ccnc(Nc3ccc(F)cc3)n2)[nH]1. The zero-order valence-corrected chi connectivity index (χ0v) is 11.8. The summed E-state index contributed by atoms with van der Waals surface area (Å²) >= 11 is 0. The van der Waals surface area contributed by atoms with Gasteiger partial charge >= 0.3 is 0 Å². The Morgan fingerprint density at radius 3 is 2.52 bits per heavy atom. The Hall–Kier alpha value is -2.69. The monoisotopic (exact) mass is 282 g/mol. The average molecular weight is 282 g/mol. The fourth-order valence-electron chi connectivity index (χ4n) is 2.22. The van der Waals surface area contributed by atoms with Crippen molar-refractivity contribution in [3.8, 4) is 11.4 Å². The topological polar surface area (TPSA) is 53.6 Å². The van der Waals surface area contributed by atoms with E-state index in [1.807, 2.05) is 19.9 Å². The summed E-state index contributed by atoms with van der Waals surface area (Å²) < 4.78 is 12.9. The summed E-state index contributed by atoms with van der Waals surface area (Å²) in [5, 5.41) is 3.06. The van der Waals surface area contributed by atoms with Crippen molar-refractivity contribution in [2.75, 3.05) is 5.32 Å². The number of nitrogens with one attached hydrogen (secondary N) is 2. The lowest BCUT2D eigenvalue weighted by Gasteiger charge is -2.06. The third-order valence-corrected chi connectivity index (χ3v) is 3.16. The highest BCUT2D eigenvalue weighted by molar-refractivity contribution is 5.62. The summed E-state index contributed by atoms with van der Waals surface area (Å²) in [7, 11) is 0. The molecule has 21 heavy (non-hydrogen) atoms. The highest BCUT2D eigenvalue weighted by Crippen LogP contribution is 2.22. The minimum atomic E-state index is -0.271. The van der Waals surface area contributed by atoms with Crippen LogP contribution in [-0.2, 0) is 0 Å². The maximum atomic E-state index is 12.9. The smallest absolute Gasteiger partial charge is 0.227 e. The summed E-state index contributed by atoms with van der Waals surface area (Å²) in [5.74, 6) is 0.207. The summed E-state index contributed by atoms with van der Waals surface area (Å²) in [6.07, 6.45) is 1.70. The van der Waals surface area contributed by atoms with Crippen LogP contribution >= 0.6 is 0 Å². The fraction of sp³-hybridized carbons (Fsp3) is 0.125. The molecule has 0 aliphatic heterocycles. The molecule has 0 aliphatic carbocycles. The normalized spacial score (nSPS) is 10.6. The number of nitrogens with zero attached hydrogens (tertiary/aromatic N) is 2. The van der Waals surface area contributed by atoms with Crippen LogP contribution in [0.5, 0.6) is 0 Å². The number of halogens is 1. The van der Waals surface area contributed by atoms with Crippen LogP contribution in [-0.4, -0.2) is 15.0 Å². The zero-order chi connectivity index (χ0) is 14.8. The summed E-state index contributed by atoms with van der Waals surface area (Å²) in [4.78, 5) is 12.0. The predicted octanol–water partition coefficient (Wildman–Crippen LogP) is 3.97. The van der Waals surface area contributed by atoms with E-state index < -0.39 is 0 Å². The Balaban J connectivity index is 1.89. The number of H-pyrrole nitrogens is 1. The van der Waals surface area contributed by atoms with Gasteiger partial charge in [-0.25, -0.2) is 14.4 Å². The van der Waals surface area contributed by atoms with E-state index in [-0.39, 0.29) is 5.82 Å². The van der Waals surface area contributed by atoms with E-state index in [9.17, 15) is 4.39 Å². The van der Waals surface area contributed by atoms with Crippen molar-refractivity contribution < 1.29 is 4.39 Å². The van der Waals surface area contributed by atoms with E-state index in [2.05, 4.69) is 26.3 Å². The standard InChI is InChI=1S/C16H15FN4/c1-10-9-11(2)19-15(10)14-7-8-18-16(21-14)20-13-5-3-12(17)4-6-13/h3-9,19H,1-2H3,(H,18,20,21). The number of aryl methyl sites for hydroxylation is 2. The molecule has 2 aromatic heterocycles. The molecule has 4 nitrogen and oxygen atoms in total. The molecule has 106 valence electrons. The van der Waals surface area contributed by atoms with Crippen LogP contribution in [0, 0.1) is 19.7 Å². The first-order valence-corrected chi connectivity index (χ1v) is 6.64. The van der Waals surface area contributed by atoms with Crippen LogP contribution in [0.1, 0.15) is 11.3 Å². The lowest BCUT2D eigenvalue weighted by molar-refractivity contribution is 0.628. The third kappa shape index (κ3) is 2.91. The van der Waals surface area contributed by atoms with Gasteiger partial charge in [0.15, 0.2) is 0 Å². The quantitative estimate of drug-likeness (QED) is 0.764. The van der Waals surface area contributed by atoms with E-state index in [0.717, 1.165) is 28.3 Å². The van der Waals surface area contributed by atoms with Gasteiger partial charge in [-0.05, 0) is 55.8 Å². The number of rotatable bonds is 3. The third-order valence-electron chi connectivity index (χ3n) is 3.16. The van der Waals surface area contributed by atoms with Gasteiger partial charge in [-0.15, -0.1) is 0 Å². The van der Waals surface area contributed by atoms with Gasteiger partial charge in [-0.3, -0.25) is 0 Å². The molecule has 3 rings (SSSR count). The molecule has 0 bridgehead atoms. The van der Waals surface area contributed by atoms with Gasteiger partial charge in [-0.1, -0.05) is 0 Å². The van der Waals surface area contributed by atoms with Gasteiger partial charge in [0.25, 0.3) is 0 Å². The van der Waals surface area contributed by atoms with Crippen LogP contribution in [0.2, 0.25) is 0 Å². The van der Waals surface area contributed by atoms with Crippen molar-refractivity contribution in [3.05, 3.63) is 59.7 Å². The van der Waals surface area contributed by atoms with Gasteiger partial charge in [0.1, 0.15) is 5.82 Å². The van der Waals surface area contributed by atoms with Crippen molar-refractivity contribution in [1.29, 1.82) is 0 Å². The van der Waals surface area contributed by atoms with Gasteiger partial charge in [0.05, 0.1) is 11.4 Å². The van der Waals surface area contributed by atoms with Crippen molar-refractivity contribution in [2.45, 2.75) is 13.8 Å². The molecule has 0 unspecified atom stereocenters. The average Bonchev–Trinajstić information content (AvgIpc) is 2.81. The lowest BCUT2D eigenvalue weighted by Crippen LogP contribution is -1.98. The minimum absolute atomic E-state index is 0.271. The molecule has 3 aromatic rings. The number of aromatic nitrogens is 3. The first-order chi connectivity index (χ1) is 10.1. The van der Waals surface area contributed by atoms with Gasteiger partial charge in [0, 0.05) is 17.6 Å². The van der Waals surface area contributed by atoms with E-state index in [1.54, 1.807) is 18.3 Å². The molecule has 0 saturated carbocycles. The highest BCUT2D eigenvalue weighted by Gasteiger charge is 2.08. The summed E-state index contributed by atoms with van der Waals surface area (Å²) in [5.41, 5.74) is 4.78. The van der Waals surface area contributed by atoms with Gasteiger partial charge in [-0.2, -0.15) is 0 Å². The molecule has 5 heteroatoms. The number of benzene rings is 1. The Labute approximate surface area is 122 Å². The minimum Gasteiger partial charge on any atom is -0.357 e. The first kappa shape index (κ1) is 13.3. The molecule has 2 heterocycles. The molecule has 0 atom stereocenters. The van der Waals surface area contributed by atoms with Crippen LogP contribution < -0.4 is 5.32 Å². The van der Waals surface area contributed by atoms with Crippen LogP contribution in [0.25, 0.3) is 11.4 Å². The van der Waals surface area contributed by atoms with Crippen molar-refractivity contribution in [2.24, 2.45) is 0 Å². The molecule has 0 saturated heterocycles. The van der Waals surface area contributed by atoms with E-state index in [0.29, 0.717) is 5.95 Å². The zero-order valence-electron chi connectivity index (χ0n) is 11.8. The second-order valence-corrected chi connectivity index (χ2v) is 4.91. The second kappa shape index (κ2) is 5.36. The highest BCUT2D eigenvalue weighted by atomic mass is 19.1. The molecule has 0 amide bonds. The number of hydrogen-bond acceptors (Lipinski definition) is 3. The molecule has 0 fully saturated rings. The van der Waals surface area contributed by atoms with Crippen molar-refractivity contribution >= 4 is 11.6 Å². The van der Waals surface area contributed by atoms with Crippen molar-refractivity contribution in [3.63, 3.8) is 0 Å².